The van der Waals surface area contributed by atoms with Crippen LogP contribution in [0.4, 0.5) is 5.69 Å². The van der Waals surface area contributed by atoms with Gasteiger partial charge in [-0.3, -0.25) is 13.9 Å². The molecule has 0 saturated heterocycles. The van der Waals surface area contributed by atoms with E-state index in [0.717, 1.165) is 31.7 Å². The van der Waals surface area contributed by atoms with Gasteiger partial charge >= 0.3 is 0 Å². The highest BCUT2D eigenvalue weighted by Gasteiger charge is 2.32. The Morgan fingerprint density at radius 3 is 2.12 bits per heavy atom. The van der Waals surface area contributed by atoms with Crippen LogP contribution >= 0.6 is 15.9 Å². The van der Waals surface area contributed by atoms with Gasteiger partial charge in [-0.2, -0.15) is 0 Å². The summed E-state index contributed by atoms with van der Waals surface area (Å²) in [4.78, 5) is 28.0. The molecule has 0 aromatic heterocycles. The molecular formula is C25H34BrN3O4S. The molecule has 2 aromatic carbocycles. The predicted octanol–water partition coefficient (Wildman–Crippen LogP) is 4.16. The first-order valence-electron chi connectivity index (χ1n) is 11.0. The van der Waals surface area contributed by atoms with Gasteiger partial charge in [-0.15, -0.1) is 0 Å². The number of carbonyl (C=O) groups is 2. The highest BCUT2D eigenvalue weighted by Crippen LogP contribution is 2.27. The molecule has 1 N–H and O–H groups in total. The average molecular weight is 553 g/mol. The number of rotatable bonds is 8. The van der Waals surface area contributed by atoms with Crippen molar-refractivity contribution < 1.29 is 18.0 Å². The van der Waals surface area contributed by atoms with Crippen LogP contribution in [0.15, 0.2) is 46.9 Å². The number of benzene rings is 2. The maximum atomic E-state index is 13.6. The lowest BCUT2D eigenvalue weighted by molar-refractivity contribution is -0.140. The van der Waals surface area contributed by atoms with E-state index in [2.05, 4.69) is 21.2 Å². The van der Waals surface area contributed by atoms with Crippen LogP contribution in [-0.4, -0.2) is 49.5 Å². The first kappa shape index (κ1) is 27.9. The molecule has 7 nitrogen and oxygen atoms in total. The molecule has 0 saturated carbocycles. The van der Waals surface area contributed by atoms with Crippen LogP contribution in [0.1, 0.15) is 44.4 Å². The Labute approximate surface area is 211 Å². The van der Waals surface area contributed by atoms with Crippen molar-refractivity contribution in [2.75, 3.05) is 17.1 Å². The second-order valence-electron chi connectivity index (χ2n) is 9.58. The summed E-state index contributed by atoms with van der Waals surface area (Å²) in [5.41, 5.74) is 2.31. The zero-order valence-corrected chi connectivity index (χ0v) is 23.2. The molecule has 0 bridgehead atoms. The third-order valence-electron chi connectivity index (χ3n) is 5.28. The minimum Gasteiger partial charge on any atom is -0.350 e. The molecule has 1 atom stereocenters. The van der Waals surface area contributed by atoms with Gasteiger partial charge in [0.05, 0.1) is 11.9 Å². The van der Waals surface area contributed by atoms with Crippen LogP contribution in [0.5, 0.6) is 0 Å². The molecule has 34 heavy (non-hydrogen) atoms. The summed E-state index contributed by atoms with van der Waals surface area (Å²) >= 11 is 3.44. The molecule has 0 fully saturated rings. The topological polar surface area (TPSA) is 86.8 Å². The minimum atomic E-state index is -3.77. The summed E-state index contributed by atoms with van der Waals surface area (Å²) in [6.45, 7) is 10.6. The van der Waals surface area contributed by atoms with E-state index in [0.29, 0.717) is 5.69 Å². The highest BCUT2D eigenvalue weighted by atomic mass is 79.9. The van der Waals surface area contributed by atoms with Gasteiger partial charge in [0.25, 0.3) is 0 Å². The van der Waals surface area contributed by atoms with E-state index < -0.39 is 34.1 Å². The van der Waals surface area contributed by atoms with Gasteiger partial charge in [0.2, 0.25) is 21.8 Å². The molecule has 2 rings (SSSR count). The van der Waals surface area contributed by atoms with Crippen molar-refractivity contribution >= 4 is 43.5 Å². The highest BCUT2D eigenvalue weighted by molar-refractivity contribution is 9.10. The van der Waals surface area contributed by atoms with Crippen molar-refractivity contribution in [3.63, 3.8) is 0 Å². The molecule has 0 heterocycles. The van der Waals surface area contributed by atoms with Crippen LogP contribution in [0.25, 0.3) is 0 Å². The molecule has 9 heteroatoms. The monoisotopic (exact) mass is 551 g/mol. The standard InChI is InChI=1S/C25H34BrN3O4S/c1-17-10-8-11-18(2)23(17)29(34(7,32)33)16-22(30)28(15-20-12-9-13-21(26)14-20)19(3)24(31)27-25(4,5)6/h8-14,19H,15-16H2,1-7H3,(H,27,31)/t19-/m0/s1. The Morgan fingerprint density at radius 2 is 1.62 bits per heavy atom. The molecule has 0 spiro atoms. The lowest BCUT2D eigenvalue weighted by Gasteiger charge is -2.33. The van der Waals surface area contributed by atoms with Gasteiger partial charge in [0.15, 0.2) is 0 Å². The quantitative estimate of drug-likeness (QED) is 0.533. The number of carbonyl (C=O) groups excluding carboxylic acids is 2. The SMILES string of the molecule is Cc1cccc(C)c1N(CC(=O)N(Cc1cccc(Br)c1)[C@@H](C)C(=O)NC(C)(C)C)S(C)(=O)=O. The second kappa shape index (κ2) is 10.9. The first-order valence-corrected chi connectivity index (χ1v) is 13.6. The smallest absolute Gasteiger partial charge is 0.244 e. The van der Waals surface area contributed by atoms with Crippen LogP contribution in [0.3, 0.4) is 0 Å². The molecular weight excluding hydrogens is 518 g/mol. The van der Waals surface area contributed by atoms with Crippen molar-refractivity contribution in [3.05, 3.63) is 63.6 Å². The number of nitrogens with zero attached hydrogens (tertiary/aromatic N) is 2. The summed E-state index contributed by atoms with van der Waals surface area (Å²) in [7, 11) is -3.77. The average Bonchev–Trinajstić information content (AvgIpc) is 2.68. The fraction of sp³-hybridized carbons (Fsp3) is 0.440. The predicted molar refractivity (Wildman–Crippen MR) is 140 cm³/mol. The lowest BCUT2D eigenvalue weighted by Crippen LogP contribution is -2.54. The van der Waals surface area contributed by atoms with Crippen molar-refractivity contribution in [2.45, 2.75) is 59.7 Å². The number of anilines is 1. The van der Waals surface area contributed by atoms with E-state index in [1.165, 1.54) is 4.90 Å². The van der Waals surface area contributed by atoms with Crippen molar-refractivity contribution in [1.29, 1.82) is 0 Å². The Balaban J connectivity index is 2.47. The Kier molecular flexibility index (Phi) is 8.93. The van der Waals surface area contributed by atoms with Gasteiger partial charge in [-0.05, 0) is 70.4 Å². The zero-order chi connectivity index (χ0) is 25.8. The number of amides is 2. The van der Waals surface area contributed by atoms with Crippen LogP contribution in [0.2, 0.25) is 0 Å². The van der Waals surface area contributed by atoms with E-state index in [4.69, 9.17) is 0 Å². The third-order valence-corrected chi connectivity index (χ3v) is 6.88. The Bertz CT molecular complexity index is 1140. The molecule has 2 amide bonds. The second-order valence-corrected chi connectivity index (χ2v) is 12.4. The number of halogens is 1. The number of para-hydroxylation sites is 1. The number of hydrogen-bond donors (Lipinski definition) is 1. The molecule has 0 aliphatic rings. The molecule has 0 unspecified atom stereocenters. The summed E-state index contributed by atoms with van der Waals surface area (Å²) in [6, 6.07) is 12.1. The molecule has 0 aliphatic carbocycles. The van der Waals surface area contributed by atoms with Gasteiger partial charge in [-0.25, -0.2) is 8.42 Å². The Morgan fingerprint density at radius 1 is 1.06 bits per heavy atom. The molecule has 0 aliphatic heterocycles. The van der Waals surface area contributed by atoms with E-state index in [1.54, 1.807) is 6.92 Å². The zero-order valence-electron chi connectivity index (χ0n) is 20.8. The van der Waals surface area contributed by atoms with Crippen LogP contribution in [-0.2, 0) is 26.2 Å². The van der Waals surface area contributed by atoms with Gasteiger partial charge in [0.1, 0.15) is 12.6 Å². The van der Waals surface area contributed by atoms with Crippen molar-refractivity contribution in [2.24, 2.45) is 0 Å². The van der Waals surface area contributed by atoms with Gasteiger partial charge in [0, 0.05) is 16.6 Å². The normalized spacial score (nSPS) is 12.7. The van der Waals surface area contributed by atoms with Crippen LogP contribution in [0, 0.1) is 13.8 Å². The molecule has 0 radical (unpaired) electrons. The van der Waals surface area contributed by atoms with Gasteiger partial charge < -0.3 is 10.2 Å². The molecule has 2 aromatic rings. The molecule has 186 valence electrons. The fourth-order valence-electron chi connectivity index (χ4n) is 3.66. The van der Waals surface area contributed by atoms with Gasteiger partial charge in [-0.1, -0.05) is 46.3 Å². The van der Waals surface area contributed by atoms with E-state index >= 15 is 0 Å². The summed E-state index contributed by atoms with van der Waals surface area (Å²) in [5.74, 6) is -0.779. The van der Waals surface area contributed by atoms with Crippen LogP contribution < -0.4 is 9.62 Å². The maximum absolute atomic E-state index is 13.6. The first-order chi connectivity index (χ1) is 15.6. The number of hydrogen-bond acceptors (Lipinski definition) is 4. The third kappa shape index (κ3) is 7.56. The van der Waals surface area contributed by atoms with E-state index in [9.17, 15) is 18.0 Å². The number of aryl methyl sites for hydroxylation is 2. The number of sulfonamides is 1. The summed E-state index contributed by atoms with van der Waals surface area (Å²) in [5, 5.41) is 2.91. The largest absolute Gasteiger partial charge is 0.350 e. The van der Waals surface area contributed by atoms with E-state index in [1.807, 2.05) is 77.1 Å². The van der Waals surface area contributed by atoms with E-state index in [-0.39, 0.29) is 12.5 Å². The summed E-state index contributed by atoms with van der Waals surface area (Å²) < 4.78 is 27.5. The van der Waals surface area contributed by atoms with Crippen molar-refractivity contribution in [3.8, 4) is 0 Å². The Hall–Kier alpha value is -2.39. The minimum absolute atomic E-state index is 0.154. The fourth-order valence-corrected chi connectivity index (χ4v) is 5.07. The lowest BCUT2D eigenvalue weighted by atomic mass is 10.1. The summed E-state index contributed by atoms with van der Waals surface area (Å²) in [6.07, 6.45) is 1.08. The maximum Gasteiger partial charge on any atom is 0.244 e. The van der Waals surface area contributed by atoms with Crippen molar-refractivity contribution in [1.82, 2.24) is 10.2 Å². The number of nitrogens with one attached hydrogen (secondary N) is 1.